The second kappa shape index (κ2) is 7.59. The molecule has 0 bridgehead atoms. The zero-order chi connectivity index (χ0) is 21.3. The number of hydrogen-bond acceptors (Lipinski definition) is 6. The molecule has 0 aliphatic rings. The summed E-state index contributed by atoms with van der Waals surface area (Å²) in [5.74, 6) is -3.42. The molecule has 1 aromatic heterocycles. The minimum atomic E-state index is -4.55. The van der Waals surface area contributed by atoms with Gasteiger partial charge < -0.3 is 14.6 Å². The van der Waals surface area contributed by atoms with Gasteiger partial charge in [-0.25, -0.2) is 17.2 Å². The van der Waals surface area contributed by atoms with E-state index in [9.17, 15) is 22.0 Å². The van der Waals surface area contributed by atoms with E-state index < -0.39 is 42.4 Å². The lowest BCUT2D eigenvalue weighted by molar-refractivity contribution is -0.117. The summed E-state index contributed by atoms with van der Waals surface area (Å²) in [4.78, 5) is 11.7. The first kappa shape index (κ1) is 22.0. The summed E-state index contributed by atoms with van der Waals surface area (Å²) in [6.45, 7) is 6.19. The molecule has 28 heavy (non-hydrogen) atoms. The minimum absolute atomic E-state index is 0.00725. The molecule has 0 aliphatic heterocycles. The van der Waals surface area contributed by atoms with Crippen molar-refractivity contribution in [3.8, 4) is 0 Å². The van der Waals surface area contributed by atoms with Crippen molar-refractivity contribution in [3.05, 3.63) is 41.7 Å². The fourth-order valence-electron chi connectivity index (χ4n) is 2.44. The Morgan fingerprint density at radius 2 is 1.89 bits per heavy atom. The molecule has 2 aromatic rings. The van der Waals surface area contributed by atoms with Gasteiger partial charge in [-0.1, -0.05) is 25.1 Å². The summed E-state index contributed by atoms with van der Waals surface area (Å²) in [6, 6.07) is 4.20. The summed E-state index contributed by atoms with van der Waals surface area (Å²) >= 11 is 0. The van der Waals surface area contributed by atoms with Crippen LogP contribution in [0.4, 0.5) is 14.6 Å². The van der Waals surface area contributed by atoms with Crippen LogP contribution >= 0.6 is 0 Å². The molecule has 1 N–H and O–H groups in total. The van der Waals surface area contributed by atoms with Gasteiger partial charge in [0.15, 0.2) is 27.3 Å². The third-order valence-electron chi connectivity index (χ3n) is 4.35. The zero-order valence-corrected chi connectivity index (χ0v) is 17.0. The van der Waals surface area contributed by atoms with Gasteiger partial charge in [0.2, 0.25) is 5.91 Å². The van der Waals surface area contributed by atoms with E-state index in [-0.39, 0.29) is 5.82 Å². The van der Waals surface area contributed by atoms with Crippen LogP contribution < -0.4 is 5.32 Å². The molecule has 0 spiro atoms. The van der Waals surface area contributed by atoms with Gasteiger partial charge in [-0.05, 0) is 26.0 Å². The van der Waals surface area contributed by atoms with Crippen LogP contribution in [0.25, 0.3) is 0 Å². The van der Waals surface area contributed by atoms with E-state index >= 15 is 0 Å². The Morgan fingerprint density at radius 1 is 1.25 bits per heavy atom. The number of aromatic nitrogens is 1. The van der Waals surface area contributed by atoms with E-state index in [0.717, 1.165) is 32.0 Å². The average Bonchev–Trinajstić information content (AvgIpc) is 3.06. The molecule has 154 valence electrons. The monoisotopic (exact) mass is 416 g/mol. The Morgan fingerprint density at radius 3 is 2.50 bits per heavy atom. The normalized spacial score (nSPS) is 12.8. The lowest BCUT2D eigenvalue weighted by Crippen LogP contribution is -2.44. The number of rotatable bonds is 7. The molecular weight excluding hydrogens is 394 g/mol. The Labute approximate surface area is 162 Å². The SMILES string of the molecule is COCC(C)(C)c1cc(NC(=O)C(C)(C)S(=O)(=O)c2cccc(F)c2F)no1. The van der Waals surface area contributed by atoms with Gasteiger partial charge in [0.1, 0.15) is 15.4 Å². The maximum atomic E-state index is 14.0. The number of anilines is 1. The van der Waals surface area contributed by atoms with Crippen molar-refractivity contribution in [1.29, 1.82) is 0 Å². The molecule has 2 rings (SSSR count). The molecule has 0 saturated carbocycles. The number of halogens is 2. The molecular formula is C18H22F2N2O5S. The highest BCUT2D eigenvalue weighted by Gasteiger charge is 2.45. The summed E-state index contributed by atoms with van der Waals surface area (Å²) in [7, 11) is -3.02. The van der Waals surface area contributed by atoms with Crippen LogP contribution in [-0.2, 0) is 24.8 Å². The van der Waals surface area contributed by atoms with Gasteiger partial charge in [0.25, 0.3) is 0 Å². The molecule has 0 atom stereocenters. The number of carbonyl (C=O) groups is 1. The molecule has 1 aromatic carbocycles. The third-order valence-corrected chi connectivity index (χ3v) is 6.77. The van der Waals surface area contributed by atoms with Crippen LogP contribution in [0.5, 0.6) is 0 Å². The van der Waals surface area contributed by atoms with Crippen LogP contribution in [0, 0.1) is 11.6 Å². The van der Waals surface area contributed by atoms with Crippen molar-refractivity contribution in [3.63, 3.8) is 0 Å². The first-order valence-corrected chi connectivity index (χ1v) is 9.79. The van der Waals surface area contributed by atoms with Crippen molar-refractivity contribution in [2.45, 2.75) is 42.8 Å². The van der Waals surface area contributed by atoms with Crippen LogP contribution in [-0.4, -0.2) is 37.9 Å². The molecule has 1 heterocycles. The number of nitrogens with one attached hydrogen (secondary N) is 1. The van der Waals surface area contributed by atoms with E-state index in [2.05, 4.69) is 10.5 Å². The molecule has 1 amide bonds. The van der Waals surface area contributed by atoms with E-state index in [0.29, 0.717) is 12.4 Å². The standard InChI is InChI=1S/C18H22F2N2O5S/c1-17(2,10-26-5)13-9-14(22-27-13)21-16(23)18(3,4)28(24,25)12-8-6-7-11(19)15(12)20/h6-9H,10H2,1-5H3,(H,21,22,23). The molecule has 0 radical (unpaired) electrons. The highest BCUT2D eigenvalue weighted by molar-refractivity contribution is 7.93. The van der Waals surface area contributed by atoms with Crippen molar-refractivity contribution >= 4 is 21.6 Å². The number of carbonyl (C=O) groups excluding carboxylic acids is 1. The average molecular weight is 416 g/mol. The van der Waals surface area contributed by atoms with Gasteiger partial charge in [0, 0.05) is 18.6 Å². The van der Waals surface area contributed by atoms with E-state index in [4.69, 9.17) is 9.26 Å². The number of sulfone groups is 1. The van der Waals surface area contributed by atoms with E-state index in [1.807, 2.05) is 13.8 Å². The highest BCUT2D eigenvalue weighted by atomic mass is 32.2. The van der Waals surface area contributed by atoms with Crippen molar-refractivity contribution in [1.82, 2.24) is 5.16 Å². The van der Waals surface area contributed by atoms with Gasteiger partial charge >= 0.3 is 0 Å². The lowest BCUT2D eigenvalue weighted by Gasteiger charge is -2.23. The Kier molecular flexibility index (Phi) is 5.95. The Bertz CT molecular complexity index is 984. The minimum Gasteiger partial charge on any atom is -0.384 e. The summed E-state index contributed by atoms with van der Waals surface area (Å²) in [6.07, 6.45) is 0. The fourth-order valence-corrected chi connectivity index (χ4v) is 3.88. The van der Waals surface area contributed by atoms with Crippen LogP contribution in [0.3, 0.4) is 0 Å². The van der Waals surface area contributed by atoms with Crippen LogP contribution in [0.1, 0.15) is 33.5 Å². The predicted molar refractivity (Wildman–Crippen MR) is 97.7 cm³/mol. The van der Waals surface area contributed by atoms with Gasteiger partial charge in [-0.15, -0.1) is 0 Å². The number of benzene rings is 1. The van der Waals surface area contributed by atoms with Crippen LogP contribution in [0.15, 0.2) is 33.7 Å². The molecule has 0 aliphatic carbocycles. The van der Waals surface area contributed by atoms with E-state index in [1.165, 1.54) is 13.2 Å². The maximum absolute atomic E-state index is 14.0. The zero-order valence-electron chi connectivity index (χ0n) is 16.2. The molecule has 7 nitrogen and oxygen atoms in total. The van der Waals surface area contributed by atoms with Crippen molar-refractivity contribution < 1.29 is 31.3 Å². The Balaban J connectivity index is 2.30. The maximum Gasteiger partial charge on any atom is 0.246 e. The smallest absolute Gasteiger partial charge is 0.246 e. The largest absolute Gasteiger partial charge is 0.384 e. The second-order valence-electron chi connectivity index (χ2n) is 7.41. The van der Waals surface area contributed by atoms with Crippen molar-refractivity contribution in [2.24, 2.45) is 0 Å². The fraction of sp³-hybridized carbons (Fsp3) is 0.444. The first-order chi connectivity index (χ1) is 12.8. The second-order valence-corrected chi connectivity index (χ2v) is 9.88. The lowest BCUT2D eigenvalue weighted by atomic mass is 9.91. The molecule has 0 unspecified atom stereocenters. The van der Waals surface area contributed by atoms with Gasteiger partial charge in [-0.2, -0.15) is 0 Å². The van der Waals surface area contributed by atoms with E-state index in [1.54, 1.807) is 0 Å². The Hall–Kier alpha value is -2.33. The highest BCUT2D eigenvalue weighted by Crippen LogP contribution is 2.30. The quantitative estimate of drug-likeness (QED) is 0.745. The van der Waals surface area contributed by atoms with Gasteiger partial charge in [-0.3, -0.25) is 4.79 Å². The molecule has 0 saturated heterocycles. The number of nitrogens with zero attached hydrogens (tertiary/aromatic N) is 1. The molecule has 10 heteroatoms. The van der Waals surface area contributed by atoms with Gasteiger partial charge in [0.05, 0.1) is 6.61 Å². The number of hydrogen-bond donors (Lipinski definition) is 1. The summed E-state index contributed by atoms with van der Waals surface area (Å²) < 4.78 is 61.2. The first-order valence-electron chi connectivity index (χ1n) is 8.31. The topological polar surface area (TPSA) is 98.5 Å². The predicted octanol–water partition coefficient (Wildman–Crippen LogP) is 3.07. The summed E-state index contributed by atoms with van der Waals surface area (Å²) in [5.41, 5.74) is -0.531. The molecule has 0 fully saturated rings. The van der Waals surface area contributed by atoms with Crippen molar-refractivity contribution in [2.75, 3.05) is 19.0 Å². The number of ether oxygens (including phenoxy) is 1. The number of amides is 1. The van der Waals surface area contributed by atoms with Crippen LogP contribution in [0.2, 0.25) is 0 Å². The third kappa shape index (κ3) is 3.93. The number of methoxy groups -OCH3 is 1. The summed E-state index contributed by atoms with van der Waals surface area (Å²) in [5, 5.41) is 6.06.